The number of ether oxygens (including phenoxy) is 1. The first-order chi connectivity index (χ1) is 14.7. The van der Waals surface area contributed by atoms with Crippen LogP contribution in [0.5, 0.6) is 0 Å². The highest BCUT2D eigenvalue weighted by atomic mass is 127. The smallest absolute Gasteiger partial charge is 0.385 e. The second kappa shape index (κ2) is 13.6. The Morgan fingerprint density at radius 1 is 1.34 bits per heavy atom. The van der Waals surface area contributed by atoms with Crippen LogP contribution in [0.4, 0.5) is 13.2 Å². The molecule has 186 valence electrons. The van der Waals surface area contributed by atoms with Crippen LogP contribution in [0.25, 0.3) is 0 Å². The Bertz CT molecular complexity index is 695. The van der Waals surface area contributed by atoms with E-state index in [0.29, 0.717) is 12.5 Å². The Morgan fingerprint density at radius 2 is 2.03 bits per heavy atom. The lowest BCUT2D eigenvalue weighted by molar-refractivity contribution is -0.272. The summed E-state index contributed by atoms with van der Waals surface area (Å²) < 4.78 is 47.2. The van der Waals surface area contributed by atoms with E-state index in [-0.39, 0.29) is 36.6 Å². The largest absolute Gasteiger partial charge is 0.424 e. The number of piperidine rings is 1. The molecular weight excluding hydrogens is 540 g/mol. The highest BCUT2D eigenvalue weighted by molar-refractivity contribution is 14.0. The van der Waals surface area contributed by atoms with Gasteiger partial charge in [-0.3, -0.25) is 4.99 Å². The lowest BCUT2D eigenvalue weighted by atomic mass is 9.98. The van der Waals surface area contributed by atoms with Crippen molar-refractivity contribution in [3.05, 3.63) is 18.2 Å². The van der Waals surface area contributed by atoms with E-state index in [0.717, 1.165) is 45.5 Å². The molecule has 2 rings (SSSR count). The first-order valence-electron chi connectivity index (χ1n) is 10.7. The van der Waals surface area contributed by atoms with Gasteiger partial charge in [0.15, 0.2) is 5.96 Å². The number of likely N-dealkylation sites (tertiary alicyclic amines) is 1. The number of methoxy groups -OCH3 is 1. The molecular formula is C20H36F3IN6O2. The van der Waals surface area contributed by atoms with E-state index in [1.165, 1.54) is 24.0 Å². The van der Waals surface area contributed by atoms with Crippen LogP contribution in [0.15, 0.2) is 17.4 Å². The molecule has 1 saturated heterocycles. The van der Waals surface area contributed by atoms with Gasteiger partial charge in [0.1, 0.15) is 5.82 Å². The van der Waals surface area contributed by atoms with Crippen molar-refractivity contribution in [1.82, 2.24) is 25.1 Å². The number of aryl methyl sites for hydroxylation is 1. The van der Waals surface area contributed by atoms with E-state index in [9.17, 15) is 18.3 Å². The zero-order valence-corrected chi connectivity index (χ0v) is 21.3. The summed E-state index contributed by atoms with van der Waals surface area (Å²) in [5, 5.41) is 16.8. The first-order valence-corrected chi connectivity index (χ1v) is 10.7. The summed E-state index contributed by atoms with van der Waals surface area (Å²) in [6, 6.07) is 0.201. The van der Waals surface area contributed by atoms with Gasteiger partial charge < -0.3 is 29.9 Å². The molecule has 1 aromatic rings. The Morgan fingerprint density at radius 3 is 2.56 bits per heavy atom. The summed E-state index contributed by atoms with van der Waals surface area (Å²) in [6.07, 6.45) is -0.00476. The highest BCUT2D eigenvalue weighted by Gasteiger charge is 2.57. The predicted octanol–water partition coefficient (Wildman–Crippen LogP) is 2.23. The van der Waals surface area contributed by atoms with Crippen LogP contribution in [0.2, 0.25) is 0 Å². The number of nitrogens with one attached hydrogen (secondary N) is 2. The van der Waals surface area contributed by atoms with Crippen molar-refractivity contribution in [2.24, 2.45) is 12.0 Å². The normalized spacial score (nSPS) is 18.2. The Labute approximate surface area is 205 Å². The number of aromatic nitrogens is 2. The van der Waals surface area contributed by atoms with Crippen LogP contribution in [0, 0.1) is 0 Å². The molecule has 32 heavy (non-hydrogen) atoms. The summed E-state index contributed by atoms with van der Waals surface area (Å²) in [5.41, 5.74) is -3.06. The summed E-state index contributed by atoms with van der Waals surface area (Å²) in [6.45, 7) is 5.94. The van der Waals surface area contributed by atoms with Gasteiger partial charge in [-0.1, -0.05) is 0 Å². The fourth-order valence-corrected chi connectivity index (χ4v) is 3.72. The van der Waals surface area contributed by atoms with E-state index in [1.54, 1.807) is 7.11 Å². The maximum atomic E-state index is 13.6. The van der Waals surface area contributed by atoms with Crippen molar-refractivity contribution >= 4 is 29.9 Å². The van der Waals surface area contributed by atoms with Gasteiger partial charge in [-0.15, -0.1) is 24.0 Å². The molecule has 1 aliphatic rings. The molecule has 3 N–H and O–H groups in total. The van der Waals surface area contributed by atoms with E-state index >= 15 is 0 Å². The van der Waals surface area contributed by atoms with E-state index in [4.69, 9.17) is 4.74 Å². The molecule has 0 aromatic carbocycles. The number of imidazole rings is 1. The molecule has 0 bridgehead atoms. The van der Waals surface area contributed by atoms with Crippen molar-refractivity contribution in [2.45, 2.75) is 50.4 Å². The SMILES string of the molecule is CCNC(=NCCC(O)(c1nccn1C)C(F)(F)F)NC1CCN(CCCOC)CC1.I. The zero-order chi connectivity index (χ0) is 22.9. The summed E-state index contributed by atoms with van der Waals surface area (Å²) >= 11 is 0. The van der Waals surface area contributed by atoms with Crippen molar-refractivity contribution < 1.29 is 23.0 Å². The number of halogens is 4. The number of nitrogens with zero attached hydrogens (tertiary/aromatic N) is 4. The third-order valence-corrected chi connectivity index (χ3v) is 5.50. The van der Waals surface area contributed by atoms with E-state index < -0.39 is 24.0 Å². The van der Waals surface area contributed by atoms with Crippen LogP contribution in [-0.2, 0) is 17.4 Å². The Balaban J connectivity index is 0.00000512. The number of aliphatic imine (C=N–C) groups is 1. The minimum absolute atomic E-state index is 0. The molecule has 0 amide bonds. The highest BCUT2D eigenvalue weighted by Crippen LogP contribution is 2.40. The van der Waals surface area contributed by atoms with Gasteiger partial charge in [-0.05, 0) is 26.2 Å². The number of alkyl halides is 3. The van der Waals surface area contributed by atoms with Crippen LogP contribution in [-0.4, -0.2) is 84.2 Å². The monoisotopic (exact) mass is 576 g/mol. The van der Waals surface area contributed by atoms with Crippen molar-refractivity contribution in [3.63, 3.8) is 0 Å². The number of hydrogen-bond donors (Lipinski definition) is 3. The molecule has 0 spiro atoms. The molecule has 1 atom stereocenters. The molecule has 0 radical (unpaired) electrons. The predicted molar refractivity (Wildman–Crippen MR) is 128 cm³/mol. The zero-order valence-electron chi connectivity index (χ0n) is 19.0. The fraction of sp³-hybridized carbons (Fsp3) is 0.800. The van der Waals surface area contributed by atoms with E-state index in [1.807, 2.05) is 6.92 Å². The van der Waals surface area contributed by atoms with Crippen molar-refractivity contribution in [1.29, 1.82) is 0 Å². The van der Waals surface area contributed by atoms with Gasteiger partial charge in [0, 0.05) is 78.3 Å². The average Bonchev–Trinajstić information content (AvgIpc) is 3.15. The molecule has 1 aliphatic heterocycles. The van der Waals surface area contributed by atoms with Gasteiger partial charge in [-0.25, -0.2) is 4.98 Å². The molecule has 1 aromatic heterocycles. The Kier molecular flexibility index (Phi) is 12.2. The lowest BCUT2D eigenvalue weighted by Gasteiger charge is -2.33. The minimum Gasteiger partial charge on any atom is -0.385 e. The average molecular weight is 576 g/mol. The van der Waals surface area contributed by atoms with Crippen LogP contribution >= 0.6 is 24.0 Å². The number of rotatable bonds is 10. The van der Waals surface area contributed by atoms with Crippen LogP contribution < -0.4 is 10.6 Å². The topological polar surface area (TPSA) is 86.9 Å². The van der Waals surface area contributed by atoms with Crippen molar-refractivity contribution in [2.75, 3.05) is 46.4 Å². The maximum absolute atomic E-state index is 13.6. The maximum Gasteiger partial charge on any atom is 0.424 e. The second-order valence-electron chi connectivity index (χ2n) is 7.84. The number of aliphatic hydroxyl groups is 1. The van der Waals surface area contributed by atoms with Gasteiger partial charge >= 0.3 is 6.18 Å². The fourth-order valence-electron chi connectivity index (χ4n) is 3.72. The van der Waals surface area contributed by atoms with Gasteiger partial charge in [0.05, 0.1) is 0 Å². The van der Waals surface area contributed by atoms with Gasteiger partial charge in [0.2, 0.25) is 5.60 Å². The van der Waals surface area contributed by atoms with Gasteiger partial charge in [0.25, 0.3) is 0 Å². The number of guanidine groups is 1. The van der Waals surface area contributed by atoms with Crippen LogP contribution in [0.3, 0.4) is 0 Å². The number of hydrogen-bond acceptors (Lipinski definition) is 5. The Hall–Kier alpha value is -1.12. The molecule has 0 aliphatic carbocycles. The second-order valence-corrected chi connectivity index (χ2v) is 7.84. The molecule has 1 unspecified atom stereocenters. The lowest BCUT2D eigenvalue weighted by Crippen LogP contribution is -2.49. The standard InChI is InChI=1S/C20H35F3N6O2.HI/c1-4-24-18(27-16-6-12-29(13-7-16)11-5-15-31-3)26-9-8-19(30,20(21,22)23)17-25-10-14-28(17)2;/h10,14,16,30H,4-9,11-13,15H2,1-3H3,(H2,24,26,27);1H. The third kappa shape index (κ3) is 8.03. The molecule has 1 fully saturated rings. The molecule has 0 saturated carbocycles. The first kappa shape index (κ1) is 28.9. The molecule has 2 heterocycles. The molecule has 12 heteroatoms. The van der Waals surface area contributed by atoms with Gasteiger partial charge in [-0.2, -0.15) is 13.2 Å². The van der Waals surface area contributed by atoms with Crippen LogP contribution in [0.1, 0.15) is 38.4 Å². The summed E-state index contributed by atoms with van der Waals surface area (Å²) in [4.78, 5) is 10.4. The minimum atomic E-state index is -4.86. The quantitative estimate of drug-likeness (QED) is 0.172. The third-order valence-electron chi connectivity index (χ3n) is 5.50. The van der Waals surface area contributed by atoms with E-state index in [2.05, 4.69) is 25.5 Å². The van der Waals surface area contributed by atoms with Crippen molar-refractivity contribution in [3.8, 4) is 0 Å². The summed E-state index contributed by atoms with van der Waals surface area (Å²) in [7, 11) is 3.12. The summed E-state index contributed by atoms with van der Waals surface area (Å²) in [5.74, 6) is 0.0266. The molecule has 8 nitrogen and oxygen atoms in total.